The molecule has 168 valence electrons. The predicted molar refractivity (Wildman–Crippen MR) is 116 cm³/mol. The number of alkyl carbamates (subject to hydrolysis) is 1. The molecule has 0 saturated carbocycles. The highest BCUT2D eigenvalue weighted by molar-refractivity contribution is 7.89. The molecule has 0 unspecified atom stereocenters. The van der Waals surface area contributed by atoms with E-state index in [9.17, 15) is 18.0 Å². The number of aromatic nitrogens is 1. The molecule has 1 saturated heterocycles. The zero-order valence-corrected chi connectivity index (χ0v) is 19.0. The smallest absolute Gasteiger partial charge is 0.408 e. The van der Waals surface area contributed by atoms with Gasteiger partial charge in [0.25, 0.3) is 0 Å². The Kier molecular flexibility index (Phi) is 6.51. The van der Waals surface area contributed by atoms with Gasteiger partial charge in [-0.3, -0.25) is 9.78 Å². The van der Waals surface area contributed by atoms with Gasteiger partial charge < -0.3 is 15.4 Å². The van der Waals surface area contributed by atoms with Crippen LogP contribution in [0.2, 0.25) is 0 Å². The van der Waals surface area contributed by atoms with Gasteiger partial charge in [-0.05, 0) is 51.1 Å². The Bertz CT molecular complexity index is 1090. The van der Waals surface area contributed by atoms with E-state index < -0.39 is 27.6 Å². The summed E-state index contributed by atoms with van der Waals surface area (Å²) in [7, 11) is -3.74. The molecule has 2 aromatic rings. The lowest BCUT2D eigenvalue weighted by Crippen LogP contribution is -2.44. The second-order valence-corrected chi connectivity index (χ2v) is 10.5. The molecule has 2 heterocycles. The first kappa shape index (κ1) is 23.0. The number of aryl methyl sites for hydroxylation is 1. The average molecular weight is 449 g/mol. The standard InChI is InChI=1S/C21H28N4O5S/c1-14-10-22-11-17-16(14)6-5-7-18(17)31(28,29)25-9-8-15(13-25)24-19(26)12-23-20(27)30-21(2,3)4/h5-7,10-11,15H,8-9,12-13H2,1-4H3,(H,23,27)(H,24,26)/t15-/m0/s1. The Morgan fingerprint density at radius 2 is 1.97 bits per heavy atom. The van der Waals surface area contributed by atoms with Crippen molar-refractivity contribution in [2.45, 2.75) is 50.7 Å². The molecule has 1 aliphatic heterocycles. The number of benzene rings is 1. The first-order valence-electron chi connectivity index (χ1n) is 10.1. The summed E-state index contributed by atoms with van der Waals surface area (Å²) < 4.78 is 33.0. The van der Waals surface area contributed by atoms with Crippen LogP contribution in [-0.2, 0) is 19.6 Å². The van der Waals surface area contributed by atoms with Gasteiger partial charge in [0.2, 0.25) is 15.9 Å². The van der Waals surface area contributed by atoms with Gasteiger partial charge in [-0.25, -0.2) is 13.2 Å². The van der Waals surface area contributed by atoms with Crippen LogP contribution in [0.3, 0.4) is 0 Å². The number of hydrogen-bond donors (Lipinski definition) is 2. The van der Waals surface area contributed by atoms with Crippen molar-refractivity contribution in [1.29, 1.82) is 0 Å². The third kappa shape index (κ3) is 5.50. The van der Waals surface area contributed by atoms with E-state index >= 15 is 0 Å². The van der Waals surface area contributed by atoms with Crippen molar-refractivity contribution < 1.29 is 22.7 Å². The molecule has 2 amide bonds. The van der Waals surface area contributed by atoms with Gasteiger partial charge in [-0.15, -0.1) is 0 Å². The highest BCUT2D eigenvalue weighted by Gasteiger charge is 2.34. The van der Waals surface area contributed by atoms with Crippen molar-refractivity contribution in [2.75, 3.05) is 19.6 Å². The summed E-state index contributed by atoms with van der Waals surface area (Å²) in [6.45, 7) is 7.29. The van der Waals surface area contributed by atoms with E-state index in [0.717, 1.165) is 10.9 Å². The first-order chi connectivity index (χ1) is 14.5. The van der Waals surface area contributed by atoms with Crippen molar-refractivity contribution >= 4 is 32.8 Å². The summed E-state index contributed by atoms with van der Waals surface area (Å²) in [5.74, 6) is -0.403. The Balaban J connectivity index is 1.62. The maximum Gasteiger partial charge on any atom is 0.408 e. The molecule has 10 heteroatoms. The molecule has 1 atom stereocenters. The minimum Gasteiger partial charge on any atom is -0.444 e. The summed E-state index contributed by atoms with van der Waals surface area (Å²) in [5.41, 5.74) is 0.245. The molecular weight excluding hydrogens is 420 g/mol. The fourth-order valence-corrected chi connectivity index (χ4v) is 5.18. The maximum atomic E-state index is 13.3. The van der Waals surface area contributed by atoms with E-state index in [1.165, 1.54) is 4.31 Å². The summed E-state index contributed by atoms with van der Waals surface area (Å²) >= 11 is 0. The second kappa shape index (κ2) is 8.80. The fraction of sp³-hybridized carbons (Fsp3) is 0.476. The van der Waals surface area contributed by atoms with E-state index in [1.807, 2.05) is 13.0 Å². The SMILES string of the molecule is Cc1cncc2c(S(=O)(=O)N3CC[C@H](NC(=O)CNC(=O)OC(C)(C)C)C3)cccc12. The molecule has 0 aliphatic carbocycles. The van der Waals surface area contributed by atoms with Crippen LogP contribution in [0.15, 0.2) is 35.5 Å². The molecule has 31 heavy (non-hydrogen) atoms. The molecule has 1 aliphatic rings. The van der Waals surface area contributed by atoms with Crippen LogP contribution in [0.25, 0.3) is 10.8 Å². The highest BCUT2D eigenvalue weighted by atomic mass is 32.2. The van der Waals surface area contributed by atoms with Crippen LogP contribution >= 0.6 is 0 Å². The van der Waals surface area contributed by atoms with Gasteiger partial charge in [0, 0.05) is 36.9 Å². The molecule has 1 aromatic carbocycles. The van der Waals surface area contributed by atoms with E-state index in [4.69, 9.17) is 4.74 Å². The highest BCUT2D eigenvalue weighted by Crippen LogP contribution is 2.28. The van der Waals surface area contributed by atoms with Gasteiger partial charge in [-0.2, -0.15) is 4.31 Å². The lowest BCUT2D eigenvalue weighted by atomic mass is 10.1. The quantitative estimate of drug-likeness (QED) is 0.722. The number of hydrogen-bond acceptors (Lipinski definition) is 6. The molecule has 0 bridgehead atoms. The van der Waals surface area contributed by atoms with Gasteiger partial charge in [0.15, 0.2) is 0 Å². The van der Waals surface area contributed by atoms with Crippen molar-refractivity contribution in [1.82, 2.24) is 19.9 Å². The Hall–Kier alpha value is -2.72. The van der Waals surface area contributed by atoms with Crippen LogP contribution in [-0.4, -0.2) is 61.0 Å². The maximum absolute atomic E-state index is 13.3. The predicted octanol–water partition coefficient (Wildman–Crippen LogP) is 1.95. The molecule has 3 rings (SSSR count). The number of fused-ring (bicyclic) bond motifs is 1. The number of nitrogens with zero attached hydrogens (tertiary/aromatic N) is 2. The van der Waals surface area contributed by atoms with Crippen molar-refractivity contribution in [2.24, 2.45) is 0 Å². The minimum absolute atomic E-state index is 0.163. The third-order valence-electron chi connectivity index (χ3n) is 4.89. The fourth-order valence-electron chi connectivity index (χ4n) is 3.49. The van der Waals surface area contributed by atoms with Gasteiger partial charge in [0.1, 0.15) is 12.1 Å². The summed E-state index contributed by atoms with van der Waals surface area (Å²) in [6.07, 6.45) is 3.07. The number of rotatable bonds is 5. The summed E-state index contributed by atoms with van der Waals surface area (Å²) in [6, 6.07) is 4.84. The minimum atomic E-state index is -3.74. The average Bonchev–Trinajstić information content (AvgIpc) is 3.14. The van der Waals surface area contributed by atoms with E-state index in [0.29, 0.717) is 18.4 Å². The monoisotopic (exact) mass is 448 g/mol. The lowest BCUT2D eigenvalue weighted by Gasteiger charge is -2.20. The molecule has 9 nitrogen and oxygen atoms in total. The van der Waals surface area contributed by atoms with Gasteiger partial charge >= 0.3 is 6.09 Å². The molecule has 1 aromatic heterocycles. The molecular formula is C21H28N4O5S. The van der Waals surface area contributed by atoms with Crippen molar-refractivity contribution in [3.05, 3.63) is 36.2 Å². The van der Waals surface area contributed by atoms with Crippen LogP contribution in [0, 0.1) is 6.92 Å². The lowest BCUT2D eigenvalue weighted by molar-refractivity contribution is -0.120. The molecule has 2 N–H and O–H groups in total. The van der Waals surface area contributed by atoms with Crippen LogP contribution in [0.5, 0.6) is 0 Å². The number of nitrogens with one attached hydrogen (secondary N) is 2. The normalized spacial score (nSPS) is 17.5. The van der Waals surface area contributed by atoms with E-state index in [2.05, 4.69) is 15.6 Å². The number of carbonyl (C=O) groups excluding carboxylic acids is 2. The van der Waals surface area contributed by atoms with Crippen LogP contribution in [0.1, 0.15) is 32.8 Å². The summed E-state index contributed by atoms with van der Waals surface area (Å²) in [5, 5.41) is 6.58. The number of ether oxygens (including phenoxy) is 1. The first-order valence-corrected chi connectivity index (χ1v) is 11.5. The molecule has 0 spiro atoms. The second-order valence-electron chi connectivity index (χ2n) is 8.58. The topological polar surface area (TPSA) is 118 Å². The van der Waals surface area contributed by atoms with Crippen molar-refractivity contribution in [3.63, 3.8) is 0 Å². The largest absolute Gasteiger partial charge is 0.444 e. The Labute approximate surface area is 182 Å². The number of pyridine rings is 1. The molecule has 1 fully saturated rings. The van der Waals surface area contributed by atoms with Crippen molar-refractivity contribution in [3.8, 4) is 0 Å². The van der Waals surface area contributed by atoms with Crippen LogP contribution in [0.4, 0.5) is 4.79 Å². The zero-order chi connectivity index (χ0) is 22.8. The van der Waals surface area contributed by atoms with E-state index in [-0.39, 0.29) is 24.0 Å². The summed E-state index contributed by atoms with van der Waals surface area (Å²) in [4.78, 5) is 28.2. The van der Waals surface area contributed by atoms with Crippen LogP contribution < -0.4 is 10.6 Å². The molecule has 0 radical (unpaired) electrons. The Morgan fingerprint density at radius 3 is 2.68 bits per heavy atom. The zero-order valence-electron chi connectivity index (χ0n) is 18.1. The third-order valence-corrected chi connectivity index (χ3v) is 6.81. The number of amides is 2. The Morgan fingerprint density at radius 1 is 1.23 bits per heavy atom. The van der Waals surface area contributed by atoms with E-state index in [1.54, 1.807) is 45.3 Å². The van der Waals surface area contributed by atoms with Gasteiger partial charge in [-0.1, -0.05) is 12.1 Å². The van der Waals surface area contributed by atoms with Gasteiger partial charge in [0.05, 0.1) is 4.90 Å². The number of carbonyl (C=O) groups is 2. The number of sulfonamides is 1.